The van der Waals surface area contributed by atoms with Gasteiger partial charge in [0.25, 0.3) is 0 Å². The van der Waals surface area contributed by atoms with Crippen LogP contribution >= 0.6 is 23.2 Å². The summed E-state index contributed by atoms with van der Waals surface area (Å²) in [5.41, 5.74) is -1.11. The van der Waals surface area contributed by atoms with Crippen LogP contribution in [0.15, 0.2) is 42.5 Å². The predicted molar refractivity (Wildman–Crippen MR) is 103 cm³/mol. The zero-order valence-corrected chi connectivity index (χ0v) is 16.9. The highest BCUT2D eigenvalue weighted by Gasteiger charge is 2.32. The van der Waals surface area contributed by atoms with E-state index in [9.17, 15) is 26.4 Å². The summed E-state index contributed by atoms with van der Waals surface area (Å²) in [7, 11) is -3.89. The fourth-order valence-electron chi connectivity index (χ4n) is 2.43. The van der Waals surface area contributed by atoms with Crippen LogP contribution in [0, 0.1) is 0 Å². The number of sulfonamides is 1. The van der Waals surface area contributed by atoms with Crippen molar-refractivity contribution in [3.05, 3.63) is 58.1 Å². The SMILES string of the molecule is CC(C(=O)Nc1cc(C(F)(F)F)ccc1Cl)N(c1ccc(Cl)cc1)S(C)(=O)=O. The van der Waals surface area contributed by atoms with Crippen molar-refractivity contribution >= 4 is 50.5 Å². The average molecular weight is 455 g/mol. The van der Waals surface area contributed by atoms with Crippen LogP contribution in [0.4, 0.5) is 24.5 Å². The van der Waals surface area contributed by atoms with E-state index in [0.717, 1.165) is 22.7 Å². The second-order valence-electron chi connectivity index (χ2n) is 5.89. The average Bonchev–Trinajstić information content (AvgIpc) is 2.56. The third-order valence-corrected chi connectivity index (χ3v) is 5.54. The topological polar surface area (TPSA) is 66.5 Å². The molecule has 0 aliphatic rings. The standard InChI is InChI=1S/C17H15Cl2F3N2O3S/c1-10(24(28(2,26)27)13-6-4-12(18)5-7-13)16(25)23-15-9-11(17(20,21)22)3-8-14(15)19/h3-10H,1-2H3,(H,23,25). The van der Waals surface area contributed by atoms with Gasteiger partial charge in [0, 0.05) is 5.02 Å². The number of carbonyl (C=O) groups is 1. The van der Waals surface area contributed by atoms with E-state index in [-0.39, 0.29) is 16.4 Å². The summed E-state index contributed by atoms with van der Waals surface area (Å²) in [6, 6.07) is 6.89. The van der Waals surface area contributed by atoms with Crippen molar-refractivity contribution < 1.29 is 26.4 Å². The Hall–Kier alpha value is -1.97. The lowest BCUT2D eigenvalue weighted by molar-refractivity contribution is -0.137. The summed E-state index contributed by atoms with van der Waals surface area (Å²) in [6.45, 7) is 1.30. The van der Waals surface area contributed by atoms with Crippen LogP contribution in [0.3, 0.4) is 0 Å². The first-order chi connectivity index (χ1) is 12.8. The van der Waals surface area contributed by atoms with Gasteiger partial charge in [-0.15, -0.1) is 0 Å². The first kappa shape index (κ1) is 22.3. The molecular weight excluding hydrogens is 440 g/mol. The summed E-state index contributed by atoms with van der Waals surface area (Å²) in [4.78, 5) is 12.6. The Balaban J connectivity index is 2.35. The Morgan fingerprint density at radius 1 is 1.11 bits per heavy atom. The summed E-state index contributed by atoms with van der Waals surface area (Å²) >= 11 is 11.7. The van der Waals surface area contributed by atoms with Gasteiger partial charge in [-0.05, 0) is 49.4 Å². The van der Waals surface area contributed by atoms with E-state index in [1.54, 1.807) is 0 Å². The Labute approximate surface area is 170 Å². The van der Waals surface area contributed by atoms with Crippen LogP contribution in [-0.4, -0.2) is 26.6 Å². The molecule has 1 atom stereocenters. The van der Waals surface area contributed by atoms with E-state index in [2.05, 4.69) is 5.32 Å². The van der Waals surface area contributed by atoms with Crippen molar-refractivity contribution in [2.24, 2.45) is 0 Å². The Morgan fingerprint density at radius 3 is 2.18 bits per heavy atom. The number of anilines is 2. The van der Waals surface area contributed by atoms with Crippen molar-refractivity contribution in [2.45, 2.75) is 19.1 Å². The highest BCUT2D eigenvalue weighted by atomic mass is 35.5. The van der Waals surface area contributed by atoms with Crippen molar-refractivity contribution in [2.75, 3.05) is 15.9 Å². The van der Waals surface area contributed by atoms with Crippen molar-refractivity contribution in [1.29, 1.82) is 0 Å². The number of amides is 1. The second kappa shape index (κ2) is 8.18. The third kappa shape index (κ3) is 5.30. The minimum absolute atomic E-state index is 0.119. The Kier molecular flexibility index (Phi) is 6.52. The summed E-state index contributed by atoms with van der Waals surface area (Å²) in [5, 5.41) is 2.50. The molecule has 0 heterocycles. The fraction of sp³-hybridized carbons (Fsp3) is 0.235. The van der Waals surface area contributed by atoms with Crippen LogP contribution in [-0.2, 0) is 21.0 Å². The van der Waals surface area contributed by atoms with E-state index in [1.165, 1.54) is 31.2 Å². The van der Waals surface area contributed by atoms with Crippen molar-refractivity contribution in [3.8, 4) is 0 Å². The molecule has 0 bridgehead atoms. The predicted octanol–water partition coefficient (Wildman–Crippen LogP) is 4.81. The van der Waals surface area contributed by atoms with E-state index >= 15 is 0 Å². The van der Waals surface area contributed by atoms with Gasteiger partial charge in [0.2, 0.25) is 15.9 Å². The van der Waals surface area contributed by atoms with Gasteiger partial charge < -0.3 is 5.32 Å². The molecule has 2 aromatic carbocycles. The molecule has 1 amide bonds. The molecule has 0 saturated carbocycles. The number of nitrogens with one attached hydrogen (secondary N) is 1. The molecule has 2 rings (SSSR count). The first-order valence-electron chi connectivity index (χ1n) is 7.73. The van der Waals surface area contributed by atoms with Crippen molar-refractivity contribution in [3.63, 3.8) is 0 Å². The van der Waals surface area contributed by atoms with Gasteiger partial charge in [0.15, 0.2) is 0 Å². The van der Waals surface area contributed by atoms with Gasteiger partial charge in [0.1, 0.15) is 6.04 Å². The highest BCUT2D eigenvalue weighted by Crippen LogP contribution is 2.34. The maximum atomic E-state index is 12.9. The van der Waals surface area contributed by atoms with Gasteiger partial charge in [-0.2, -0.15) is 13.2 Å². The molecule has 0 radical (unpaired) electrons. The zero-order valence-electron chi connectivity index (χ0n) is 14.6. The van der Waals surface area contributed by atoms with Crippen LogP contribution in [0.25, 0.3) is 0 Å². The molecule has 0 fully saturated rings. The number of alkyl halides is 3. The molecule has 152 valence electrons. The van der Waals surface area contributed by atoms with Gasteiger partial charge in [-0.1, -0.05) is 23.2 Å². The molecule has 1 N–H and O–H groups in total. The monoisotopic (exact) mass is 454 g/mol. The molecule has 0 aromatic heterocycles. The molecule has 11 heteroatoms. The van der Waals surface area contributed by atoms with Gasteiger partial charge in [0.05, 0.1) is 28.2 Å². The Bertz CT molecular complexity index is 980. The highest BCUT2D eigenvalue weighted by molar-refractivity contribution is 7.92. The van der Waals surface area contributed by atoms with E-state index in [1.807, 2.05) is 0 Å². The Morgan fingerprint density at radius 2 is 1.68 bits per heavy atom. The summed E-state index contributed by atoms with van der Waals surface area (Å²) < 4.78 is 63.9. The number of benzene rings is 2. The molecule has 0 aliphatic carbocycles. The third-order valence-electron chi connectivity index (χ3n) is 3.72. The number of halogens is 5. The largest absolute Gasteiger partial charge is 0.416 e. The smallest absolute Gasteiger partial charge is 0.323 e. The fourth-order valence-corrected chi connectivity index (χ4v) is 3.90. The minimum Gasteiger partial charge on any atom is -0.323 e. The van der Waals surface area contributed by atoms with Crippen LogP contribution in [0.1, 0.15) is 12.5 Å². The zero-order chi connectivity index (χ0) is 21.3. The van der Waals surface area contributed by atoms with E-state index in [4.69, 9.17) is 23.2 Å². The quantitative estimate of drug-likeness (QED) is 0.704. The molecule has 0 spiro atoms. The lowest BCUT2D eigenvalue weighted by Crippen LogP contribution is -2.45. The number of hydrogen-bond acceptors (Lipinski definition) is 3. The lowest BCUT2D eigenvalue weighted by Gasteiger charge is -2.28. The number of nitrogens with zero attached hydrogens (tertiary/aromatic N) is 1. The van der Waals surface area contributed by atoms with E-state index in [0.29, 0.717) is 11.1 Å². The molecule has 1 unspecified atom stereocenters. The van der Waals surface area contributed by atoms with Crippen LogP contribution in [0.2, 0.25) is 10.0 Å². The van der Waals surface area contributed by atoms with Gasteiger partial charge in [-0.3, -0.25) is 9.10 Å². The summed E-state index contributed by atoms with van der Waals surface area (Å²) in [6.07, 6.45) is -3.72. The first-order valence-corrected chi connectivity index (χ1v) is 10.3. The van der Waals surface area contributed by atoms with Crippen molar-refractivity contribution in [1.82, 2.24) is 0 Å². The lowest BCUT2D eigenvalue weighted by atomic mass is 10.2. The van der Waals surface area contributed by atoms with Gasteiger partial charge in [-0.25, -0.2) is 8.42 Å². The van der Waals surface area contributed by atoms with Gasteiger partial charge >= 0.3 is 6.18 Å². The molecular formula is C17H15Cl2F3N2O3S. The maximum absolute atomic E-state index is 12.9. The number of hydrogen-bond donors (Lipinski definition) is 1. The number of carbonyl (C=O) groups excluding carboxylic acids is 1. The normalized spacial score (nSPS) is 13.1. The van der Waals surface area contributed by atoms with Crippen LogP contribution < -0.4 is 9.62 Å². The van der Waals surface area contributed by atoms with E-state index < -0.39 is 33.7 Å². The molecule has 2 aromatic rings. The van der Waals surface area contributed by atoms with Crippen LogP contribution in [0.5, 0.6) is 0 Å². The molecule has 0 aliphatic heterocycles. The minimum atomic E-state index is -4.63. The molecule has 0 saturated heterocycles. The summed E-state index contributed by atoms with van der Waals surface area (Å²) in [5.74, 6) is -0.860. The maximum Gasteiger partial charge on any atom is 0.416 e. The second-order valence-corrected chi connectivity index (χ2v) is 8.60. The molecule has 28 heavy (non-hydrogen) atoms. The molecule has 5 nitrogen and oxygen atoms in total. The number of rotatable bonds is 5.